The molecule has 2 rings (SSSR count). The summed E-state index contributed by atoms with van der Waals surface area (Å²) < 4.78 is 0. The summed E-state index contributed by atoms with van der Waals surface area (Å²) in [6.45, 7) is 3.90. The van der Waals surface area contributed by atoms with Gasteiger partial charge in [0.25, 0.3) is 0 Å². The van der Waals surface area contributed by atoms with E-state index in [1.165, 1.54) is 0 Å². The fourth-order valence-electron chi connectivity index (χ4n) is 1.99. The lowest BCUT2D eigenvalue weighted by molar-refractivity contribution is -0.138. The summed E-state index contributed by atoms with van der Waals surface area (Å²) in [6, 6.07) is 6.74. The summed E-state index contributed by atoms with van der Waals surface area (Å²) in [7, 11) is 0. The van der Waals surface area contributed by atoms with Crippen molar-refractivity contribution in [2.24, 2.45) is 11.7 Å². The number of fused-ring (bicyclic) bond motifs is 1. The van der Waals surface area contributed by atoms with Crippen LogP contribution in [-0.2, 0) is 11.3 Å². The fraction of sp³-hybridized carbons (Fsp3) is 0.357. The molecule has 0 saturated carbocycles. The number of carboxylic acid groups (broad SMARTS) is 1. The van der Waals surface area contributed by atoms with Crippen molar-refractivity contribution >= 4 is 22.7 Å². The highest BCUT2D eigenvalue weighted by Crippen LogP contribution is 2.22. The largest absolute Gasteiger partial charge is 0.480 e. The predicted molar refractivity (Wildman–Crippen MR) is 77.3 cm³/mol. The molecule has 1 aromatic heterocycles. The van der Waals surface area contributed by atoms with E-state index in [-0.39, 0.29) is 12.5 Å². The van der Waals surface area contributed by atoms with Crippen LogP contribution in [0.2, 0.25) is 0 Å². The maximum atomic E-state index is 11.3. The summed E-state index contributed by atoms with van der Waals surface area (Å²) >= 11 is 0. The third-order valence-corrected chi connectivity index (χ3v) is 3.06. The van der Waals surface area contributed by atoms with Gasteiger partial charge in [-0.05, 0) is 18.1 Å². The molecule has 1 aromatic carbocycles. The predicted octanol–water partition coefficient (Wildman–Crippen LogP) is 1.61. The molecule has 20 heavy (non-hydrogen) atoms. The molecule has 4 N–H and O–H groups in total. The zero-order chi connectivity index (χ0) is 14.7. The number of hydrogen-bond donors (Lipinski definition) is 3. The van der Waals surface area contributed by atoms with Crippen LogP contribution in [0.4, 0.5) is 5.82 Å². The highest BCUT2D eigenvalue weighted by Gasteiger charge is 2.22. The van der Waals surface area contributed by atoms with E-state index in [0.29, 0.717) is 11.6 Å². The zero-order valence-corrected chi connectivity index (χ0v) is 11.5. The standard InChI is InChI=1S/C14H18N4O2/c1-8(2)12(14(19)20)18-13-9-5-3-4-6-10(9)16-11(7-15)17-13/h3-6,8,12H,7,15H2,1-2H3,(H,19,20)(H,16,17,18)/t12-/m0/s1. The first-order valence-electron chi connectivity index (χ1n) is 6.48. The van der Waals surface area contributed by atoms with Gasteiger partial charge in [0, 0.05) is 5.39 Å². The smallest absolute Gasteiger partial charge is 0.326 e. The van der Waals surface area contributed by atoms with Crippen molar-refractivity contribution < 1.29 is 9.90 Å². The van der Waals surface area contributed by atoms with Gasteiger partial charge < -0.3 is 16.2 Å². The van der Waals surface area contributed by atoms with Crippen molar-refractivity contribution in [1.29, 1.82) is 0 Å². The quantitative estimate of drug-likeness (QED) is 0.765. The highest BCUT2D eigenvalue weighted by molar-refractivity contribution is 5.90. The lowest BCUT2D eigenvalue weighted by Gasteiger charge is -2.19. The van der Waals surface area contributed by atoms with Gasteiger partial charge >= 0.3 is 5.97 Å². The second-order valence-electron chi connectivity index (χ2n) is 4.91. The van der Waals surface area contributed by atoms with Gasteiger partial charge in [-0.3, -0.25) is 0 Å². The fourth-order valence-corrected chi connectivity index (χ4v) is 1.99. The molecular formula is C14H18N4O2. The number of nitrogens with one attached hydrogen (secondary N) is 1. The normalized spacial score (nSPS) is 12.6. The van der Waals surface area contributed by atoms with Gasteiger partial charge in [-0.1, -0.05) is 26.0 Å². The van der Waals surface area contributed by atoms with Crippen LogP contribution in [0, 0.1) is 5.92 Å². The number of benzene rings is 1. The number of anilines is 1. The maximum Gasteiger partial charge on any atom is 0.326 e. The molecular weight excluding hydrogens is 256 g/mol. The number of para-hydroxylation sites is 1. The Balaban J connectivity index is 2.49. The number of carboxylic acids is 1. The van der Waals surface area contributed by atoms with Crippen LogP contribution in [0.5, 0.6) is 0 Å². The average Bonchev–Trinajstić information content (AvgIpc) is 2.43. The Kier molecular flexibility index (Phi) is 4.14. The summed E-state index contributed by atoms with van der Waals surface area (Å²) in [5.41, 5.74) is 6.34. The van der Waals surface area contributed by atoms with Crippen LogP contribution in [0.15, 0.2) is 24.3 Å². The van der Waals surface area contributed by atoms with Gasteiger partial charge in [0.05, 0.1) is 12.1 Å². The van der Waals surface area contributed by atoms with Crippen molar-refractivity contribution in [3.8, 4) is 0 Å². The molecule has 1 heterocycles. The summed E-state index contributed by atoms with van der Waals surface area (Å²) in [4.78, 5) is 19.9. The van der Waals surface area contributed by atoms with Crippen molar-refractivity contribution in [3.63, 3.8) is 0 Å². The second kappa shape index (κ2) is 5.83. The van der Waals surface area contributed by atoms with Crippen LogP contribution in [-0.4, -0.2) is 27.1 Å². The van der Waals surface area contributed by atoms with Crippen molar-refractivity contribution in [2.45, 2.75) is 26.4 Å². The first-order chi connectivity index (χ1) is 9.52. The lowest BCUT2D eigenvalue weighted by Crippen LogP contribution is -2.34. The Labute approximate surface area is 117 Å². The van der Waals surface area contributed by atoms with Crippen molar-refractivity contribution in [2.75, 3.05) is 5.32 Å². The van der Waals surface area contributed by atoms with E-state index in [0.717, 1.165) is 10.9 Å². The van der Waals surface area contributed by atoms with E-state index < -0.39 is 12.0 Å². The molecule has 2 aromatic rings. The Morgan fingerprint density at radius 2 is 2.05 bits per heavy atom. The molecule has 0 aliphatic carbocycles. The minimum Gasteiger partial charge on any atom is -0.480 e. The van der Waals surface area contributed by atoms with E-state index in [1.54, 1.807) is 0 Å². The number of aromatic nitrogens is 2. The number of carbonyl (C=O) groups is 1. The van der Waals surface area contributed by atoms with Gasteiger partial charge in [-0.15, -0.1) is 0 Å². The van der Waals surface area contributed by atoms with Crippen molar-refractivity contribution in [1.82, 2.24) is 9.97 Å². The maximum absolute atomic E-state index is 11.3. The molecule has 0 spiro atoms. The second-order valence-corrected chi connectivity index (χ2v) is 4.91. The van der Waals surface area contributed by atoms with Gasteiger partial charge in [-0.25, -0.2) is 14.8 Å². The summed E-state index contributed by atoms with van der Waals surface area (Å²) in [6.07, 6.45) is 0. The molecule has 106 valence electrons. The molecule has 6 nitrogen and oxygen atoms in total. The van der Waals surface area contributed by atoms with Gasteiger partial charge in [0.15, 0.2) is 0 Å². The Morgan fingerprint density at radius 1 is 1.35 bits per heavy atom. The molecule has 0 aliphatic rings. The molecule has 0 aliphatic heterocycles. The molecule has 0 amide bonds. The lowest BCUT2D eigenvalue weighted by atomic mass is 10.0. The number of rotatable bonds is 5. The average molecular weight is 274 g/mol. The Morgan fingerprint density at radius 3 is 2.65 bits per heavy atom. The van der Waals surface area contributed by atoms with Crippen LogP contribution >= 0.6 is 0 Å². The zero-order valence-electron chi connectivity index (χ0n) is 11.5. The highest BCUT2D eigenvalue weighted by atomic mass is 16.4. The number of nitrogens with zero attached hydrogens (tertiary/aromatic N) is 2. The molecule has 6 heteroatoms. The van der Waals surface area contributed by atoms with Crippen molar-refractivity contribution in [3.05, 3.63) is 30.1 Å². The van der Waals surface area contributed by atoms with Crippen LogP contribution < -0.4 is 11.1 Å². The summed E-state index contributed by atoms with van der Waals surface area (Å²) in [5, 5.41) is 13.1. The van der Waals surface area contributed by atoms with Crippen LogP contribution in [0.1, 0.15) is 19.7 Å². The molecule has 0 bridgehead atoms. The monoisotopic (exact) mass is 274 g/mol. The van der Waals surface area contributed by atoms with E-state index in [2.05, 4.69) is 15.3 Å². The molecule has 0 radical (unpaired) electrons. The minimum absolute atomic E-state index is 0.0671. The third kappa shape index (κ3) is 2.85. The Hall–Kier alpha value is -2.21. The van der Waals surface area contributed by atoms with Gasteiger partial charge in [0.2, 0.25) is 0 Å². The molecule has 1 atom stereocenters. The molecule has 0 fully saturated rings. The van der Waals surface area contributed by atoms with Crippen LogP contribution in [0.3, 0.4) is 0 Å². The first kappa shape index (κ1) is 14.2. The number of nitrogens with two attached hydrogens (primary N) is 1. The van der Waals surface area contributed by atoms with E-state index in [4.69, 9.17) is 5.73 Å². The van der Waals surface area contributed by atoms with E-state index >= 15 is 0 Å². The summed E-state index contributed by atoms with van der Waals surface area (Å²) in [5.74, 6) is 0.0239. The molecule has 0 unspecified atom stereocenters. The van der Waals surface area contributed by atoms with Gasteiger partial charge in [0.1, 0.15) is 17.7 Å². The van der Waals surface area contributed by atoms with Crippen LogP contribution in [0.25, 0.3) is 10.9 Å². The Bertz CT molecular complexity index is 628. The minimum atomic E-state index is -0.906. The number of aliphatic carboxylic acids is 1. The van der Waals surface area contributed by atoms with E-state index in [1.807, 2.05) is 38.1 Å². The number of hydrogen-bond acceptors (Lipinski definition) is 5. The van der Waals surface area contributed by atoms with Gasteiger partial charge in [-0.2, -0.15) is 0 Å². The topological polar surface area (TPSA) is 101 Å². The molecule has 0 saturated heterocycles. The third-order valence-electron chi connectivity index (χ3n) is 3.06. The first-order valence-corrected chi connectivity index (χ1v) is 6.48. The van der Waals surface area contributed by atoms with E-state index in [9.17, 15) is 9.90 Å². The SMILES string of the molecule is CC(C)[C@H](Nc1nc(CN)nc2ccccc12)C(=O)O.